The number of sulfonamides is 1. The van der Waals surface area contributed by atoms with Crippen molar-refractivity contribution in [3.63, 3.8) is 0 Å². The molecule has 0 radical (unpaired) electrons. The van der Waals surface area contributed by atoms with Crippen LogP contribution in [0.15, 0.2) is 80.7 Å². The van der Waals surface area contributed by atoms with Gasteiger partial charge >= 0.3 is 11.9 Å². The summed E-state index contributed by atoms with van der Waals surface area (Å²) in [6.07, 6.45) is -4.29. The quantitative estimate of drug-likeness (QED) is 0.286. The van der Waals surface area contributed by atoms with Gasteiger partial charge in [-0.15, -0.1) is 6.58 Å². The highest BCUT2D eigenvalue weighted by molar-refractivity contribution is 8.15. The van der Waals surface area contributed by atoms with Crippen LogP contribution in [0.3, 0.4) is 0 Å². The van der Waals surface area contributed by atoms with Gasteiger partial charge in [-0.3, -0.25) is 23.9 Å². The van der Waals surface area contributed by atoms with Crippen molar-refractivity contribution in [1.29, 1.82) is 0 Å². The Labute approximate surface area is 255 Å². The fourth-order valence-corrected chi connectivity index (χ4v) is 6.42. The lowest BCUT2D eigenvalue weighted by atomic mass is 10.2. The van der Waals surface area contributed by atoms with E-state index in [1.165, 1.54) is 30.3 Å². The molecule has 0 saturated carbocycles. The maximum Gasteiger partial charge on any atom is 0.431 e. The van der Waals surface area contributed by atoms with Gasteiger partial charge in [0, 0.05) is 26.1 Å². The number of benzene rings is 2. The number of amidine groups is 1. The van der Waals surface area contributed by atoms with E-state index in [-0.39, 0.29) is 42.5 Å². The molecule has 44 heavy (non-hydrogen) atoms. The third-order valence-electron chi connectivity index (χ3n) is 6.09. The summed E-state index contributed by atoms with van der Waals surface area (Å²) in [6.45, 7) is 3.44. The van der Waals surface area contributed by atoms with Gasteiger partial charge in [0.25, 0.3) is 15.6 Å². The second kappa shape index (κ2) is 12.4. The fraction of sp³-hybridized carbons (Fsp3) is 0.192. The number of rotatable bonds is 8. The second-order valence-corrected chi connectivity index (χ2v) is 12.3. The molecule has 1 aliphatic rings. The number of thioether (sulfide) groups is 1. The number of nitrogens with zero attached hydrogens (tertiary/aromatic N) is 4. The van der Waals surface area contributed by atoms with Gasteiger partial charge in [0.2, 0.25) is 11.8 Å². The van der Waals surface area contributed by atoms with Crippen LogP contribution in [0.5, 0.6) is 0 Å². The number of amides is 2. The lowest BCUT2D eigenvalue weighted by molar-refractivity contribution is -0.144. The molecule has 11 nitrogen and oxygen atoms in total. The summed E-state index contributed by atoms with van der Waals surface area (Å²) in [5.41, 5.74) is -5.57. The second-order valence-electron chi connectivity index (χ2n) is 9.08. The molecule has 18 heteroatoms. The van der Waals surface area contributed by atoms with Gasteiger partial charge in [0.1, 0.15) is 16.8 Å². The average Bonchev–Trinajstić information content (AvgIpc) is 3.21. The number of hydrogen-bond acceptors (Lipinski definition) is 8. The molecule has 2 amide bonds. The summed E-state index contributed by atoms with van der Waals surface area (Å²) < 4.78 is 81.9. The molecular weight excluding hydrogens is 654 g/mol. The van der Waals surface area contributed by atoms with Crippen molar-refractivity contribution in [3.8, 4) is 5.69 Å². The first-order chi connectivity index (χ1) is 20.5. The van der Waals surface area contributed by atoms with E-state index in [1.54, 1.807) is 6.07 Å². The third-order valence-corrected chi connectivity index (χ3v) is 8.96. The highest BCUT2D eigenvalue weighted by atomic mass is 35.5. The van der Waals surface area contributed by atoms with E-state index in [0.29, 0.717) is 6.07 Å². The van der Waals surface area contributed by atoms with E-state index in [4.69, 9.17) is 11.6 Å². The SMILES string of the molecule is C=CCN1C(=O)C(CC(=O)NS(=O)(=O)c2ccccc2)S/C1=N\c1cc(-n2c(=O)cc(C(F)(F)F)n(C)c2=O)c(F)cc1Cl. The van der Waals surface area contributed by atoms with Crippen molar-refractivity contribution in [2.24, 2.45) is 12.0 Å². The lowest BCUT2D eigenvalue weighted by Crippen LogP contribution is -2.41. The van der Waals surface area contributed by atoms with Crippen LogP contribution in [-0.4, -0.2) is 51.2 Å². The number of carbonyl (C=O) groups excluding carboxylic acids is 2. The van der Waals surface area contributed by atoms with Crippen molar-refractivity contribution < 1.29 is 35.6 Å². The molecular formula is C26H20ClF4N5O6S2. The number of aliphatic imine (C=N–C) groups is 1. The van der Waals surface area contributed by atoms with E-state index < -0.39 is 68.1 Å². The van der Waals surface area contributed by atoms with Crippen LogP contribution in [0.4, 0.5) is 23.2 Å². The summed E-state index contributed by atoms with van der Waals surface area (Å²) in [7, 11) is -3.46. The number of aromatic nitrogens is 2. The highest BCUT2D eigenvalue weighted by Gasteiger charge is 2.39. The van der Waals surface area contributed by atoms with Gasteiger partial charge < -0.3 is 0 Å². The van der Waals surface area contributed by atoms with Crippen molar-refractivity contribution in [2.75, 3.05) is 6.54 Å². The van der Waals surface area contributed by atoms with Crippen LogP contribution in [0.2, 0.25) is 5.02 Å². The van der Waals surface area contributed by atoms with Crippen LogP contribution in [0.25, 0.3) is 5.69 Å². The van der Waals surface area contributed by atoms with E-state index in [1.807, 2.05) is 4.72 Å². The molecule has 1 N–H and O–H groups in total. The van der Waals surface area contributed by atoms with E-state index in [9.17, 15) is 45.2 Å². The predicted molar refractivity (Wildman–Crippen MR) is 154 cm³/mol. The minimum absolute atomic E-state index is 0.0780. The number of carbonyl (C=O) groups is 2. The number of halogens is 5. The molecule has 1 unspecified atom stereocenters. The molecule has 1 atom stereocenters. The van der Waals surface area contributed by atoms with Crippen molar-refractivity contribution in [3.05, 3.63) is 98.6 Å². The molecule has 4 rings (SSSR count). The first-order valence-corrected chi connectivity index (χ1v) is 15.0. The Hall–Kier alpha value is -4.22. The first kappa shape index (κ1) is 32.7. The molecule has 3 aromatic rings. The van der Waals surface area contributed by atoms with Crippen LogP contribution in [0, 0.1) is 5.82 Å². The Morgan fingerprint density at radius 2 is 1.82 bits per heavy atom. The Balaban J connectivity index is 1.69. The standard InChI is InChI=1S/C26H20ClF4N5O6S2/c1-3-9-35-23(39)19(12-21(37)33-44(41,42)14-7-5-4-6-8-14)43-24(35)32-17-11-18(16(28)10-15(17)27)36-22(38)13-20(26(29,30)31)34(2)25(36)40/h3-8,10-11,13,19H,1,9,12H2,2H3,(H,33,37)/b32-24-. The molecule has 1 saturated heterocycles. The number of hydrogen-bond donors (Lipinski definition) is 1. The van der Waals surface area contributed by atoms with Crippen LogP contribution >= 0.6 is 23.4 Å². The molecule has 1 fully saturated rings. The van der Waals surface area contributed by atoms with Gasteiger partial charge in [-0.1, -0.05) is 47.6 Å². The van der Waals surface area contributed by atoms with Gasteiger partial charge in [-0.05, 0) is 24.3 Å². The number of alkyl halides is 3. The number of nitrogens with one attached hydrogen (secondary N) is 1. The normalized spacial score (nSPS) is 16.4. The molecule has 2 aromatic carbocycles. The molecule has 1 aliphatic heterocycles. The Kier molecular flexibility index (Phi) is 9.22. The molecule has 1 aromatic heterocycles. The summed E-state index contributed by atoms with van der Waals surface area (Å²) in [5, 5.41) is -1.58. The van der Waals surface area contributed by atoms with E-state index in [2.05, 4.69) is 11.6 Å². The zero-order chi connectivity index (χ0) is 32.6. The predicted octanol–water partition coefficient (Wildman–Crippen LogP) is 3.36. The van der Waals surface area contributed by atoms with Gasteiger partial charge in [-0.25, -0.2) is 31.9 Å². The smallest absolute Gasteiger partial charge is 0.292 e. The molecule has 2 heterocycles. The Bertz CT molecular complexity index is 1930. The molecule has 0 aliphatic carbocycles. The van der Waals surface area contributed by atoms with Crippen molar-refractivity contribution in [2.45, 2.75) is 22.7 Å². The summed E-state index contributed by atoms with van der Waals surface area (Å²) in [4.78, 5) is 56.1. The lowest BCUT2D eigenvalue weighted by Gasteiger charge is -2.16. The van der Waals surface area contributed by atoms with Gasteiger partial charge in [0.05, 0.1) is 21.3 Å². The highest BCUT2D eigenvalue weighted by Crippen LogP contribution is 2.35. The van der Waals surface area contributed by atoms with E-state index in [0.717, 1.165) is 29.8 Å². The Morgan fingerprint density at radius 1 is 1.16 bits per heavy atom. The summed E-state index contributed by atoms with van der Waals surface area (Å²) in [5.74, 6) is -2.86. The van der Waals surface area contributed by atoms with Crippen molar-refractivity contribution in [1.82, 2.24) is 18.8 Å². The molecule has 0 bridgehead atoms. The maximum absolute atomic E-state index is 14.9. The van der Waals surface area contributed by atoms with Crippen LogP contribution in [0.1, 0.15) is 12.1 Å². The zero-order valence-corrected chi connectivity index (χ0v) is 24.7. The Morgan fingerprint density at radius 3 is 2.43 bits per heavy atom. The van der Waals surface area contributed by atoms with E-state index >= 15 is 0 Å². The first-order valence-electron chi connectivity index (χ1n) is 12.2. The van der Waals surface area contributed by atoms with Gasteiger partial charge in [0.15, 0.2) is 5.17 Å². The van der Waals surface area contributed by atoms with Gasteiger partial charge in [-0.2, -0.15) is 13.2 Å². The molecule has 232 valence electrons. The average molecular weight is 674 g/mol. The third kappa shape index (κ3) is 6.63. The largest absolute Gasteiger partial charge is 0.431 e. The van der Waals surface area contributed by atoms with Crippen LogP contribution in [-0.2, 0) is 32.8 Å². The monoisotopic (exact) mass is 673 g/mol. The fourth-order valence-electron chi connectivity index (χ4n) is 4.05. The maximum atomic E-state index is 14.9. The zero-order valence-electron chi connectivity index (χ0n) is 22.3. The molecule has 0 spiro atoms. The summed E-state index contributed by atoms with van der Waals surface area (Å²) in [6, 6.07) is 8.70. The minimum atomic E-state index is -5.04. The van der Waals surface area contributed by atoms with Crippen molar-refractivity contribution >= 4 is 56.1 Å². The summed E-state index contributed by atoms with van der Waals surface area (Å²) >= 11 is 6.90. The minimum Gasteiger partial charge on any atom is -0.292 e. The van der Waals surface area contributed by atoms with Crippen LogP contribution < -0.4 is 16.0 Å². The topological polar surface area (TPSA) is 140 Å².